The van der Waals surface area contributed by atoms with Crippen LogP contribution in [0.4, 0.5) is 0 Å². The quantitative estimate of drug-likeness (QED) is 0.338. The molecule has 0 aromatic carbocycles. The topological polar surface area (TPSA) is 127 Å². The standard InChI is InChI=1S/C24H41NO6S.Na/c1-13-10-19-22(20(27)12-15-11-16(26)6-7-24(15,19)3)18-5-4-17(21(13)18)14(2)23(28)25-8-9-32(29,30)31;/h13-22,26-27H,4-12H2,1-3H3,(H,25,28)(H,29,30,31);/q;+1/p-1/t13-,14+,15+,16-,17+,18-,19+,20-,21-,22+,24+;/m1./s1. The fourth-order valence-corrected chi connectivity index (χ4v) is 8.95. The van der Waals surface area contributed by atoms with Crippen molar-refractivity contribution in [1.82, 2.24) is 5.32 Å². The summed E-state index contributed by atoms with van der Waals surface area (Å²) in [6.45, 7) is 6.48. The second kappa shape index (κ2) is 10.3. The maximum absolute atomic E-state index is 12.7. The second-order valence-electron chi connectivity index (χ2n) is 11.7. The zero-order valence-electron chi connectivity index (χ0n) is 20.6. The Hall–Kier alpha value is 0.300. The number of carbonyl (C=O) groups is 1. The van der Waals surface area contributed by atoms with Gasteiger partial charge in [0.2, 0.25) is 5.91 Å². The van der Waals surface area contributed by atoms with Crippen LogP contribution in [0, 0.1) is 52.8 Å². The zero-order chi connectivity index (χ0) is 23.4. The van der Waals surface area contributed by atoms with Crippen LogP contribution in [-0.4, -0.2) is 53.6 Å². The predicted octanol–water partition coefficient (Wildman–Crippen LogP) is -0.866. The SMILES string of the molecule is C[C@@H]1C[C@H]2[C@H]([C@@H]3CC[C@@H]([C@H](C)C(=O)NCCS(=O)(=O)[O-])[C@H]31)[C@H](O)C[C@@H]1C[C@H](O)CC[C@@]12C.[Na+]. The van der Waals surface area contributed by atoms with Crippen LogP contribution >= 0.6 is 0 Å². The van der Waals surface area contributed by atoms with E-state index >= 15 is 0 Å². The van der Waals surface area contributed by atoms with Crippen molar-refractivity contribution in [3.63, 3.8) is 0 Å². The predicted molar refractivity (Wildman–Crippen MR) is 119 cm³/mol. The fourth-order valence-electron chi connectivity index (χ4n) is 8.59. The molecule has 7 nitrogen and oxygen atoms in total. The van der Waals surface area contributed by atoms with Crippen LogP contribution in [0.2, 0.25) is 0 Å². The molecule has 11 atom stereocenters. The third-order valence-electron chi connectivity index (χ3n) is 10.1. The summed E-state index contributed by atoms with van der Waals surface area (Å²) in [6, 6.07) is 0. The molecule has 4 rings (SSSR count). The Kier molecular flexibility index (Phi) is 8.74. The number of aliphatic hydroxyl groups is 2. The van der Waals surface area contributed by atoms with Crippen LogP contribution in [0.1, 0.15) is 65.7 Å². The number of rotatable bonds is 5. The number of carbonyl (C=O) groups excluding carboxylic acids is 1. The van der Waals surface area contributed by atoms with Gasteiger partial charge in [0.15, 0.2) is 0 Å². The third-order valence-corrected chi connectivity index (χ3v) is 10.8. The average molecular weight is 494 g/mol. The molecule has 4 aliphatic carbocycles. The van der Waals surface area contributed by atoms with Gasteiger partial charge in [0.1, 0.15) is 0 Å². The van der Waals surface area contributed by atoms with Crippen LogP contribution in [0.3, 0.4) is 0 Å². The van der Waals surface area contributed by atoms with Crippen LogP contribution < -0.4 is 34.9 Å². The second-order valence-corrected chi connectivity index (χ2v) is 13.2. The maximum atomic E-state index is 12.7. The summed E-state index contributed by atoms with van der Waals surface area (Å²) in [7, 11) is -4.34. The first kappa shape index (κ1) is 27.9. The molecule has 0 aliphatic heterocycles. The van der Waals surface area contributed by atoms with E-state index in [1.54, 1.807) is 0 Å². The maximum Gasteiger partial charge on any atom is 1.00 e. The third kappa shape index (κ3) is 5.37. The van der Waals surface area contributed by atoms with E-state index in [1.807, 2.05) is 6.92 Å². The van der Waals surface area contributed by atoms with E-state index in [4.69, 9.17) is 0 Å². The zero-order valence-corrected chi connectivity index (χ0v) is 23.4. The molecule has 33 heavy (non-hydrogen) atoms. The van der Waals surface area contributed by atoms with E-state index in [2.05, 4.69) is 19.2 Å². The van der Waals surface area contributed by atoms with Crippen molar-refractivity contribution < 1.29 is 57.5 Å². The van der Waals surface area contributed by atoms with E-state index in [-0.39, 0.29) is 77.4 Å². The first-order valence-electron chi connectivity index (χ1n) is 12.5. The molecule has 0 spiro atoms. The van der Waals surface area contributed by atoms with Crippen molar-refractivity contribution in [3.05, 3.63) is 0 Å². The van der Waals surface area contributed by atoms with Crippen LogP contribution in [0.25, 0.3) is 0 Å². The number of amides is 1. The Morgan fingerprint density at radius 1 is 1.15 bits per heavy atom. The molecule has 0 saturated heterocycles. The van der Waals surface area contributed by atoms with Gasteiger partial charge in [-0.05, 0) is 91.8 Å². The Morgan fingerprint density at radius 2 is 1.85 bits per heavy atom. The minimum absolute atomic E-state index is 0. The molecule has 0 radical (unpaired) electrons. The van der Waals surface area contributed by atoms with Gasteiger partial charge in [-0.15, -0.1) is 0 Å². The molecule has 184 valence electrons. The smallest absolute Gasteiger partial charge is 0.748 e. The molecule has 0 unspecified atom stereocenters. The van der Waals surface area contributed by atoms with Gasteiger partial charge >= 0.3 is 29.6 Å². The summed E-state index contributed by atoms with van der Waals surface area (Å²) in [5.74, 6) is 1.57. The summed E-state index contributed by atoms with van der Waals surface area (Å²) in [5.41, 5.74) is 0.174. The Labute approximate surface area is 220 Å². The molecule has 0 bridgehead atoms. The Bertz CT molecular complexity index is 824. The molecule has 4 aliphatic rings. The van der Waals surface area contributed by atoms with Gasteiger partial charge in [-0.2, -0.15) is 0 Å². The van der Waals surface area contributed by atoms with Gasteiger partial charge in [-0.1, -0.05) is 20.8 Å². The molecule has 0 aromatic rings. The molecule has 0 heterocycles. The van der Waals surface area contributed by atoms with Crippen molar-refractivity contribution in [2.24, 2.45) is 52.8 Å². The van der Waals surface area contributed by atoms with Gasteiger partial charge in [-0.3, -0.25) is 4.79 Å². The minimum Gasteiger partial charge on any atom is -0.748 e. The van der Waals surface area contributed by atoms with Gasteiger partial charge in [-0.25, -0.2) is 8.42 Å². The van der Waals surface area contributed by atoms with E-state index in [0.717, 1.165) is 44.9 Å². The van der Waals surface area contributed by atoms with E-state index < -0.39 is 15.9 Å². The molecule has 0 aromatic heterocycles. The minimum atomic E-state index is -4.34. The molecular formula is C24H40NNaO6S. The van der Waals surface area contributed by atoms with Crippen molar-refractivity contribution in [2.45, 2.75) is 77.9 Å². The Morgan fingerprint density at radius 3 is 2.52 bits per heavy atom. The molecule has 4 fully saturated rings. The van der Waals surface area contributed by atoms with Crippen molar-refractivity contribution in [3.8, 4) is 0 Å². The first-order chi connectivity index (χ1) is 14.9. The van der Waals surface area contributed by atoms with Crippen molar-refractivity contribution in [2.75, 3.05) is 12.3 Å². The number of fused-ring (bicyclic) bond motifs is 5. The molecular weight excluding hydrogens is 453 g/mol. The number of hydrogen-bond donors (Lipinski definition) is 3. The average Bonchev–Trinajstić information content (AvgIpc) is 3.14. The number of aliphatic hydroxyl groups excluding tert-OH is 2. The molecule has 1 amide bonds. The summed E-state index contributed by atoms with van der Waals surface area (Å²) in [4.78, 5) is 12.7. The largest absolute Gasteiger partial charge is 1.00 e. The monoisotopic (exact) mass is 493 g/mol. The molecule has 3 N–H and O–H groups in total. The van der Waals surface area contributed by atoms with E-state index in [1.165, 1.54) is 0 Å². The van der Waals surface area contributed by atoms with Crippen LogP contribution in [-0.2, 0) is 14.9 Å². The Balaban J connectivity index is 0.00000306. The van der Waals surface area contributed by atoms with Crippen molar-refractivity contribution in [1.29, 1.82) is 0 Å². The van der Waals surface area contributed by atoms with Gasteiger partial charge in [0.25, 0.3) is 0 Å². The van der Waals surface area contributed by atoms with E-state index in [0.29, 0.717) is 29.6 Å². The summed E-state index contributed by atoms with van der Waals surface area (Å²) < 4.78 is 32.5. The summed E-state index contributed by atoms with van der Waals surface area (Å²) >= 11 is 0. The van der Waals surface area contributed by atoms with Gasteiger partial charge < -0.3 is 20.1 Å². The molecule has 9 heteroatoms. The first-order valence-corrected chi connectivity index (χ1v) is 14.1. The summed E-state index contributed by atoms with van der Waals surface area (Å²) in [6.07, 6.45) is 5.91. The van der Waals surface area contributed by atoms with Crippen molar-refractivity contribution >= 4 is 16.0 Å². The number of nitrogens with one attached hydrogen (secondary N) is 1. The summed E-state index contributed by atoms with van der Waals surface area (Å²) in [5, 5.41) is 24.1. The van der Waals surface area contributed by atoms with Crippen LogP contribution in [0.15, 0.2) is 0 Å². The van der Waals surface area contributed by atoms with Gasteiger partial charge in [0.05, 0.1) is 28.1 Å². The van der Waals surface area contributed by atoms with E-state index in [9.17, 15) is 28.0 Å². The number of hydrogen-bond acceptors (Lipinski definition) is 6. The van der Waals surface area contributed by atoms with Crippen LogP contribution in [0.5, 0.6) is 0 Å². The normalized spacial score (nSPS) is 45.7. The molecule has 4 saturated carbocycles. The fraction of sp³-hybridized carbons (Fsp3) is 0.958. The van der Waals surface area contributed by atoms with Gasteiger partial charge in [0, 0.05) is 12.5 Å².